The maximum atomic E-state index is 15.2. The Morgan fingerprint density at radius 2 is 1.19 bits per heavy atom. The van der Waals surface area contributed by atoms with Crippen molar-refractivity contribution in [3.05, 3.63) is 118 Å². The highest BCUT2D eigenvalue weighted by Crippen LogP contribution is 2.42. The molecular weight excluding hydrogens is 666 g/mol. The van der Waals surface area contributed by atoms with Crippen molar-refractivity contribution < 1.29 is 53.4 Å². The van der Waals surface area contributed by atoms with E-state index >= 15 is 8.78 Å². The normalized spacial score (nSPS) is 12.2. The second-order valence-electron chi connectivity index (χ2n) is 10.4. The first kappa shape index (κ1) is 35.7. The number of rotatable bonds is 12. The molecule has 4 aromatic carbocycles. The zero-order valence-electron chi connectivity index (χ0n) is 24.4. The van der Waals surface area contributed by atoms with Crippen molar-refractivity contribution in [2.24, 2.45) is 0 Å². The van der Waals surface area contributed by atoms with Gasteiger partial charge in [-0.2, -0.15) is 8.78 Å². The summed E-state index contributed by atoms with van der Waals surface area (Å²) in [5, 5.41) is -0.906. The van der Waals surface area contributed by atoms with Gasteiger partial charge in [0, 0.05) is 0 Å². The second kappa shape index (κ2) is 14.7. The van der Waals surface area contributed by atoms with Gasteiger partial charge >= 0.3 is 12.5 Å². The van der Waals surface area contributed by atoms with Crippen LogP contribution in [0, 0.1) is 29.1 Å². The molecule has 13 heteroatoms. The third-order valence-corrected chi connectivity index (χ3v) is 7.17. The van der Waals surface area contributed by atoms with Crippen LogP contribution in [0.1, 0.15) is 43.7 Å². The molecule has 0 radical (unpaired) electrons. The van der Waals surface area contributed by atoms with Crippen molar-refractivity contribution in [1.82, 2.24) is 0 Å². The van der Waals surface area contributed by atoms with Crippen LogP contribution < -0.4 is 9.47 Å². The van der Waals surface area contributed by atoms with Crippen molar-refractivity contribution in [2.75, 3.05) is 0 Å². The van der Waals surface area contributed by atoms with E-state index in [2.05, 4.69) is 28.5 Å². The molecular formula is C34H25ClF10O2. The summed E-state index contributed by atoms with van der Waals surface area (Å²) in [6.45, 7) is 2.12. The molecule has 0 saturated heterocycles. The Hall–Kier alpha value is -4.19. The van der Waals surface area contributed by atoms with Crippen molar-refractivity contribution in [2.45, 2.75) is 51.5 Å². The van der Waals surface area contributed by atoms with E-state index in [0.29, 0.717) is 11.6 Å². The summed E-state index contributed by atoms with van der Waals surface area (Å²) < 4.78 is 147. The Labute approximate surface area is 268 Å². The molecule has 0 saturated carbocycles. The van der Waals surface area contributed by atoms with E-state index in [0.717, 1.165) is 55.9 Å². The second-order valence-corrected chi connectivity index (χ2v) is 10.8. The SMILES string of the molecule is CCCC/C=C/CCc1ccc(-c2cc(F)c(-c3cc(F)c(OC(F)(F)c4cc(F)c(OC(F)(F)F)c(F)c4)c(Cl)c3)c(F)c2)cc1. The monoisotopic (exact) mass is 690 g/mol. The van der Waals surface area contributed by atoms with E-state index < -0.39 is 74.8 Å². The maximum Gasteiger partial charge on any atom is 0.573 e. The van der Waals surface area contributed by atoms with Gasteiger partial charge in [-0.1, -0.05) is 67.8 Å². The van der Waals surface area contributed by atoms with Crippen LogP contribution in [0.15, 0.2) is 72.8 Å². The summed E-state index contributed by atoms with van der Waals surface area (Å²) in [5.74, 6) is -11.6. The molecule has 0 heterocycles. The van der Waals surface area contributed by atoms with Crippen LogP contribution >= 0.6 is 11.6 Å². The van der Waals surface area contributed by atoms with E-state index in [1.807, 2.05) is 12.1 Å². The molecule has 0 aliphatic heterocycles. The summed E-state index contributed by atoms with van der Waals surface area (Å²) in [6.07, 6.45) is -1.17. The predicted octanol–water partition coefficient (Wildman–Crippen LogP) is 12.1. The van der Waals surface area contributed by atoms with Gasteiger partial charge in [0.25, 0.3) is 0 Å². The van der Waals surface area contributed by atoms with Gasteiger partial charge in [-0.15, -0.1) is 13.2 Å². The van der Waals surface area contributed by atoms with Crippen LogP contribution in [0.25, 0.3) is 22.3 Å². The lowest BCUT2D eigenvalue weighted by atomic mass is 9.97. The lowest BCUT2D eigenvalue weighted by Crippen LogP contribution is -2.24. The number of hydrogen-bond donors (Lipinski definition) is 0. The predicted molar refractivity (Wildman–Crippen MR) is 157 cm³/mol. The Morgan fingerprint density at radius 3 is 1.74 bits per heavy atom. The lowest BCUT2D eigenvalue weighted by molar-refractivity contribution is -0.276. The van der Waals surface area contributed by atoms with Gasteiger partial charge in [0.15, 0.2) is 23.2 Å². The van der Waals surface area contributed by atoms with Gasteiger partial charge in [-0.25, -0.2) is 22.0 Å². The molecule has 0 aliphatic carbocycles. The molecule has 0 aromatic heterocycles. The van der Waals surface area contributed by atoms with Crippen LogP contribution in [0.4, 0.5) is 43.9 Å². The summed E-state index contributed by atoms with van der Waals surface area (Å²) >= 11 is 5.91. The average Bonchev–Trinajstić information content (AvgIpc) is 2.98. The highest BCUT2D eigenvalue weighted by Gasteiger charge is 2.40. The van der Waals surface area contributed by atoms with Crippen LogP contribution in [-0.4, -0.2) is 6.36 Å². The van der Waals surface area contributed by atoms with Crippen molar-refractivity contribution in [1.29, 1.82) is 0 Å². The van der Waals surface area contributed by atoms with Crippen LogP contribution in [0.5, 0.6) is 11.5 Å². The summed E-state index contributed by atoms with van der Waals surface area (Å²) in [6, 6.07) is 9.81. The van der Waals surface area contributed by atoms with Gasteiger partial charge in [0.1, 0.15) is 11.6 Å². The number of halogens is 11. The minimum Gasteiger partial charge on any atom is -0.424 e. The largest absolute Gasteiger partial charge is 0.573 e. The molecule has 0 atom stereocenters. The number of hydrogen-bond acceptors (Lipinski definition) is 2. The number of unbranched alkanes of at least 4 members (excludes halogenated alkanes) is 2. The van der Waals surface area contributed by atoms with Crippen LogP contribution in [0.3, 0.4) is 0 Å². The lowest BCUT2D eigenvalue weighted by Gasteiger charge is -2.21. The third-order valence-electron chi connectivity index (χ3n) is 6.89. The number of benzene rings is 4. The van der Waals surface area contributed by atoms with Gasteiger partial charge in [-0.3, -0.25) is 0 Å². The number of allylic oxidation sites excluding steroid dienone is 2. The minimum absolute atomic E-state index is 0.173. The smallest absolute Gasteiger partial charge is 0.424 e. The molecule has 4 rings (SSSR count). The standard InChI is InChI=1S/C34H25ClF10O2/c1-2-3-4-5-6-7-8-19-9-11-20(12-10-19)21-14-25(36)30(26(37)15-21)22-13-24(35)31(27(38)16-22)46-33(41,42)23-17-28(39)32(29(40)18-23)47-34(43,44)45/h5-6,9-18H,2-4,7-8H2,1H3/b6-5+. The van der Waals surface area contributed by atoms with E-state index in [9.17, 15) is 35.1 Å². The molecule has 0 N–H and O–H groups in total. The fourth-order valence-electron chi connectivity index (χ4n) is 4.62. The molecule has 47 heavy (non-hydrogen) atoms. The van der Waals surface area contributed by atoms with Crippen molar-refractivity contribution in [3.8, 4) is 33.8 Å². The molecule has 0 fully saturated rings. The molecule has 0 spiro atoms. The maximum absolute atomic E-state index is 15.2. The molecule has 4 aromatic rings. The molecule has 250 valence electrons. The van der Waals surface area contributed by atoms with E-state index in [4.69, 9.17) is 11.6 Å². The molecule has 0 unspecified atom stereocenters. The Morgan fingerprint density at radius 1 is 0.638 bits per heavy atom. The molecule has 2 nitrogen and oxygen atoms in total. The first-order chi connectivity index (χ1) is 22.1. The molecule has 0 aliphatic rings. The van der Waals surface area contributed by atoms with E-state index in [1.165, 1.54) is 0 Å². The topological polar surface area (TPSA) is 18.5 Å². The Bertz CT molecular complexity index is 1680. The average molecular weight is 691 g/mol. The number of aryl methyl sites for hydroxylation is 1. The van der Waals surface area contributed by atoms with E-state index in [1.54, 1.807) is 12.1 Å². The Balaban J connectivity index is 1.54. The zero-order valence-corrected chi connectivity index (χ0v) is 25.2. The zero-order chi connectivity index (χ0) is 34.5. The first-order valence-corrected chi connectivity index (χ1v) is 14.5. The summed E-state index contributed by atoms with van der Waals surface area (Å²) in [7, 11) is 0. The summed E-state index contributed by atoms with van der Waals surface area (Å²) in [4.78, 5) is 0. The van der Waals surface area contributed by atoms with Crippen molar-refractivity contribution >= 4 is 11.6 Å². The minimum atomic E-state index is -5.53. The fourth-order valence-corrected chi connectivity index (χ4v) is 4.86. The van der Waals surface area contributed by atoms with E-state index in [-0.39, 0.29) is 17.7 Å². The van der Waals surface area contributed by atoms with Crippen LogP contribution in [0.2, 0.25) is 5.02 Å². The molecule has 0 bridgehead atoms. The Kier molecular flexibility index (Phi) is 11.2. The highest BCUT2D eigenvalue weighted by molar-refractivity contribution is 6.32. The van der Waals surface area contributed by atoms with Crippen LogP contribution in [-0.2, 0) is 12.5 Å². The quantitative estimate of drug-likeness (QED) is 0.0837. The van der Waals surface area contributed by atoms with Gasteiger partial charge in [0.2, 0.25) is 5.75 Å². The first-order valence-electron chi connectivity index (χ1n) is 14.1. The van der Waals surface area contributed by atoms with Gasteiger partial charge in [-0.05, 0) is 77.9 Å². The molecule has 0 amide bonds. The fraction of sp³-hybridized carbons (Fsp3) is 0.235. The van der Waals surface area contributed by atoms with Crippen molar-refractivity contribution in [3.63, 3.8) is 0 Å². The number of alkyl halides is 5. The summed E-state index contributed by atoms with van der Waals surface area (Å²) in [5.41, 5.74) is -1.18. The van der Waals surface area contributed by atoms with Gasteiger partial charge in [0.05, 0.1) is 16.1 Å². The number of ether oxygens (including phenoxy) is 2. The van der Waals surface area contributed by atoms with Gasteiger partial charge < -0.3 is 9.47 Å². The third kappa shape index (κ3) is 9.00. The highest BCUT2D eigenvalue weighted by atomic mass is 35.5.